The van der Waals surface area contributed by atoms with Crippen molar-refractivity contribution < 1.29 is 43.2 Å². The molecular formula is C28H35FN2O8. The van der Waals surface area contributed by atoms with E-state index < -0.39 is 23.3 Å². The van der Waals surface area contributed by atoms with E-state index in [1.807, 2.05) is 35.2 Å². The molecule has 11 heteroatoms. The molecule has 1 amide bonds. The average molecular weight is 547 g/mol. The first-order chi connectivity index (χ1) is 18.7. The summed E-state index contributed by atoms with van der Waals surface area (Å²) in [5, 5.41) is 17.8. The molecule has 39 heavy (non-hydrogen) atoms. The molecule has 212 valence electrons. The monoisotopic (exact) mass is 546 g/mol. The standard InChI is InChI=1S/C26H33FN2O4.C2H2O4/c1-3-14-25(26(31-16-17-32-26)20-9-11-21(27)12-10-20)18-23(33-22-7-5-4-6-8-22)13-15-29(25)24(30)19-28-2;3-1(4)2(5)6/h4-12,23,28H,3,13-19H2,1-2H3;(H,3,4)(H,5,6). The van der Waals surface area contributed by atoms with Crippen LogP contribution in [-0.4, -0.2) is 78.0 Å². The zero-order valence-corrected chi connectivity index (χ0v) is 22.1. The average Bonchev–Trinajstić information content (AvgIpc) is 3.42. The van der Waals surface area contributed by atoms with Crippen LogP contribution in [0.15, 0.2) is 54.6 Å². The van der Waals surface area contributed by atoms with E-state index >= 15 is 0 Å². The Morgan fingerprint density at radius 2 is 1.67 bits per heavy atom. The second-order valence-electron chi connectivity index (χ2n) is 9.33. The molecular weight excluding hydrogens is 511 g/mol. The topological polar surface area (TPSA) is 135 Å². The number of piperidine rings is 1. The Kier molecular flexibility index (Phi) is 10.4. The van der Waals surface area contributed by atoms with Crippen LogP contribution >= 0.6 is 0 Å². The summed E-state index contributed by atoms with van der Waals surface area (Å²) < 4.78 is 33.0. The lowest BCUT2D eigenvalue weighted by Crippen LogP contribution is -2.69. The van der Waals surface area contributed by atoms with Crippen LogP contribution in [0.2, 0.25) is 0 Å². The van der Waals surface area contributed by atoms with Crippen molar-refractivity contribution in [1.29, 1.82) is 0 Å². The summed E-state index contributed by atoms with van der Waals surface area (Å²) in [6.07, 6.45) is 2.60. The third kappa shape index (κ3) is 6.73. The van der Waals surface area contributed by atoms with Crippen LogP contribution in [0.3, 0.4) is 0 Å². The number of carboxylic acids is 2. The number of hydrogen-bond acceptors (Lipinski definition) is 7. The molecule has 0 radical (unpaired) electrons. The Morgan fingerprint density at radius 3 is 2.21 bits per heavy atom. The predicted octanol–water partition coefficient (Wildman–Crippen LogP) is 3.01. The van der Waals surface area contributed by atoms with Gasteiger partial charge >= 0.3 is 11.9 Å². The van der Waals surface area contributed by atoms with Crippen LogP contribution in [0.4, 0.5) is 4.39 Å². The van der Waals surface area contributed by atoms with E-state index in [0.717, 1.165) is 17.7 Å². The zero-order valence-electron chi connectivity index (χ0n) is 22.1. The molecule has 2 aliphatic rings. The van der Waals surface area contributed by atoms with Crippen LogP contribution in [0.25, 0.3) is 0 Å². The van der Waals surface area contributed by atoms with Crippen LogP contribution in [0.5, 0.6) is 5.75 Å². The number of likely N-dealkylation sites (tertiary alicyclic amines) is 1. The number of carbonyl (C=O) groups excluding carboxylic acids is 1. The number of amides is 1. The van der Waals surface area contributed by atoms with Gasteiger partial charge in [-0.25, -0.2) is 14.0 Å². The number of likely N-dealkylation sites (N-methyl/N-ethyl adjacent to an activating group) is 1. The maximum absolute atomic E-state index is 13.8. The number of aliphatic carboxylic acids is 2. The molecule has 0 aromatic heterocycles. The lowest BCUT2D eigenvalue weighted by molar-refractivity contribution is -0.268. The first kappa shape index (κ1) is 30.0. The number of hydrogen-bond donors (Lipinski definition) is 3. The number of rotatable bonds is 8. The summed E-state index contributed by atoms with van der Waals surface area (Å²) in [5.41, 5.74) is -0.0840. The van der Waals surface area contributed by atoms with Crippen LogP contribution in [0, 0.1) is 5.82 Å². The lowest BCUT2D eigenvalue weighted by Gasteiger charge is -2.56. The second-order valence-corrected chi connectivity index (χ2v) is 9.33. The van der Waals surface area contributed by atoms with Gasteiger partial charge in [0.1, 0.15) is 23.2 Å². The first-order valence-electron chi connectivity index (χ1n) is 12.9. The van der Waals surface area contributed by atoms with E-state index in [-0.39, 0.29) is 24.4 Å². The summed E-state index contributed by atoms with van der Waals surface area (Å²) in [7, 11) is 1.77. The van der Waals surface area contributed by atoms with Gasteiger partial charge in [0.2, 0.25) is 11.7 Å². The van der Waals surface area contributed by atoms with Gasteiger partial charge in [-0.15, -0.1) is 0 Å². The Balaban J connectivity index is 0.000000631. The molecule has 0 aliphatic carbocycles. The highest BCUT2D eigenvalue weighted by Crippen LogP contribution is 2.52. The molecule has 2 heterocycles. The summed E-state index contributed by atoms with van der Waals surface area (Å²) >= 11 is 0. The van der Waals surface area contributed by atoms with E-state index in [2.05, 4.69) is 12.2 Å². The van der Waals surface area contributed by atoms with Gasteiger partial charge in [-0.1, -0.05) is 43.7 Å². The quantitative estimate of drug-likeness (QED) is 0.427. The molecule has 2 atom stereocenters. The predicted molar refractivity (Wildman–Crippen MR) is 139 cm³/mol. The molecule has 2 aliphatic heterocycles. The number of carbonyl (C=O) groups is 3. The molecule has 0 spiro atoms. The fourth-order valence-electron chi connectivity index (χ4n) is 5.39. The second kappa shape index (κ2) is 13.5. The number of nitrogens with one attached hydrogen (secondary N) is 1. The largest absolute Gasteiger partial charge is 0.490 e. The highest BCUT2D eigenvalue weighted by Gasteiger charge is 2.63. The molecule has 2 fully saturated rings. The molecule has 10 nitrogen and oxygen atoms in total. The van der Waals surface area contributed by atoms with Gasteiger partial charge in [-0.3, -0.25) is 4.79 Å². The van der Waals surface area contributed by atoms with Crippen LogP contribution in [-0.2, 0) is 29.6 Å². The van der Waals surface area contributed by atoms with Crippen LogP contribution < -0.4 is 10.1 Å². The van der Waals surface area contributed by atoms with Crippen molar-refractivity contribution in [2.24, 2.45) is 0 Å². The van der Waals surface area contributed by atoms with E-state index in [0.29, 0.717) is 39.0 Å². The molecule has 2 aromatic carbocycles. The van der Waals surface area contributed by atoms with Crippen molar-refractivity contribution in [3.8, 4) is 5.75 Å². The van der Waals surface area contributed by atoms with E-state index in [4.69, 9.17) is 34.0 Å². The molecule has 2 unspecified atom stereocenters. The maximum atomic E-state index is 13.8. The smallest absolute Gasteiger partial charge is 0.414 e. The number of nitrogens with zero attached hydrogens (tertiary/aromatic N) is 1. The van der Waals surface area contributed by atoms with Crippen LogP contribution in [0.1, 0.15) is 38.2 Å². The van der Waals surface area contributed by atoms with Gasteiger partial charge in [-0.2, -0.15) is 0 Å². The van der Waals surface area contributed by atoms with Crippen molar-refractivity contribution in [2.75, 3.05) is 33.4 Å². The van der Waals surface area contributed by atoms with Crippen molar-refractivity contribution in [2.45, 2.75) is 50.0 Å². The van der Waals surface area contributed by atoms with Gasteiger partial charge in [-0.05, 0) is 37.7 Å². The highest BCUT2D eigenvalue weighted by molar-refractivity contribution is 6.27. The Morgan fingerprint density at radius 1 is 1.05 bits per heavy atom. The van der Waals surface area contributed by atoms with E-state index in [1.54, 1.807) is 19.2 Å². The third-order valence-electron chi connectivity index (χ3n) is 6.81. The fraction of sp³-hybridized carbons (Fsp3) is 0.464. The molecule has 4 rings (SSSR count). The van der Waals surface area contributed by atoms with Crippen molar-refractivity contribution in [3.05, 3.63) is 66.0 Å². The molecule has 2 aromatic rings. The Labute approximate surface area is 226 Å². The lowest BCUT2D eigenvalue weighted by atomic mass is 9.72. The van der Waals surface area contributed by atoms with Gasteiger partial charge in [0.05, 0.1) is 19.8 Å². The van der Waals surface area contributed by atoms with E-state index in [9.17, 15) is 9.18 Å². The van der Waals surface area contributed by atoms with Crippen molar-refractivity contribution in [3.63, 3.8) is 0 Å². The number of carboxylic acid groups (broad SMARTS) is 2. The fourth-order valence-corrected chi connectivity index (χ4v) is 5.39. The Bertz CT molecular complexity index is 1100. The number of benzene rings is 2. The zero-order chi connectivity index (χ0) is 28.5. The molecule has 2 saturated heterocycles. The minimum Gasteiger partial charge on any atom is -0.490 e. The maximum Gasteiger partial charge on any atom is 0.414 e. The summed E-state index contributed by atoms with van der Waals surface area (Å²) in [4.78, 5) is 33.5. The SMILES string of the molecule is CCCC1(C2(c3ccc(F)cc3)OCCO2)CC(Oc2ccccc2)CCN1C(=O)CNC.O=C(O)C(=O)O. The Hall–Kier alpha value is -3.54. The number of ether oxygens (including phenoxy) is 3. The van der Waals surface area contributed by atoms with Gasteiger partial charge in [0.15, 0.2) is 0 Å². The van der Waals surface area contributed by atoms with Gasteiger partial charge in [0.25, 0.3) is 0 Å². The van der Waals surface area contributed by atoms with Crippen molar-refractivity contribution in [1.82, 2.24) is 10.2 Å². The highest BCUT2D eigenvalue weighted by atomic mass is 19.1. The number of halogens is 1. The molecule has 0 saturated carbocycles. The minimum absolute atomic E-state index is 0.00954. The molecule has 0 bridgehead atoms. The normalized spacial score (nSPS) is 21.9. The number of para-hydroxylation sites is 1. The minimum atomic E-state index is -1.82. The first-order valence-corrected chi connectivity index (χ1v) is 12.9. The summed E-state index contributed by atoms with van der Waals surface area (Å²) in [6.45, 7) is 3.64. The van der Waals surface area contributed by atoms with E-state index in [1.165, 1.54) is 12.1 Å². The summed E-state index contributed by atoms with van der Waals surface area (Å²) in [5.74, 6) is -4.38. The van der Waals surface area contributed by atoms with Gasteiger partial charge < -0.3 is 34.6 Å². The van der Waals surface area contributed by atoms with Gasteiger partial charge in [0, 0.05) is 24.9 Å². The van der Waals surface area contributed by atoms with Crippen molar-refractivity contribution >= 4 is 17.8 Å². The summed E-state index contributed by atoms with van der Waals surface area (Å²) in [6, 6.07) is 16.0. The molecule has 3 N–H and O–H groups in total. The third-order valence-corrected chi connectivity index (χ3v) is 6.81.